The molecular formula is C23H34N2O2. The van der Waals surface area contributed by atoms with Gasteiger partial charge in [-0.25, -0.2) is 9.98 Å². The predicted octanol–water partition coefficient (Wildman–Crippen LogP) is 4.89. The van der Waals surface area contributed by atoms with Gasteiger partial charge >= 0.3 is 0 Å². The van der Waals surface area contributed by atoms with Crippen LogP contribution in [-0.2, 0) is 22.3 Å². The van der Waals surface area contributed by atoms with Gasteiger partial charge < -0.3 is 9.47 Å². The fraction of sp³-hybridized carbons (Fsp3) is 0.652. The lowest BCUT2D eigenvalue weighted by Gasteiger charge is -2.17. The lowest BCUT2D eigenvalue weighted by molar-refractivity contribution is 0.305. The zero-order valence-electron chi connectivity index (χ0n) is 17.6. The molecule has 2 heterocycles. The summed E-state index contributed by atoms with van der Waals surface area (Å²) in [6, 6.07) is 2.97. The van der Waals surface area contributed by atoms with E-state index < -0.39 is 0 Å². The van der Waals surface area contributed by atoms with Crippen molar-refractivity contribution in [3.05, 3.63) is 33.9 Å². The first-order valence-electron chi connectivity index (χ1n) is 10.5. The Morgan fingerprint density at radius 3 is 1.67 bits per heavy atom. The van der Waals surface area contributed by atoms with Crippen LogP contribution in [0.3, 0.4) is 0 Å². The minimum atomic E-state index is 0.340. The molecule has 0 N–H and O–H groups in total. The summed E-state index contributed by atoms with van der Waals surface area (Å²) in [6.07, 6.45) is 6.10. The molecule has 1 aromatic carbocycles. The van der Waals surface area contributed by atoms with Gasteiger partial charge in [-0.15, -0.1) is 0 Å². The number of aliphatic imine (C=N–C) groups is 2. The lowest BCUT2D eigenvalue weighted by Crippen LogP contribution is -2.12. The molecule has 27 heavy (non-hydrogen) atoms. The largest absolute Gasteiger partial charge is 0.478 e. The van der Waals surface area contributed by atoms with Gasteiger partial charge in [0, 0.05) is 12.8 Å². The van der Waals surface area contributed by atoms with Crippen molar-refractivity contribution >= 4 is 11.8 Å². The van der Waals surface area contributed by atoms with Crippen LogP contribution in [0.2, 0.25) is 0 Å². The van der Waals surface area contributed by atoms with Gasteiger partial charge in [0.05, 0.1) is 12.1 Å². The van der Waals surface area contributed by atoms with Gasteiger partial charge in [-0.2, -0.15) is 0 Å². The average molecular weight is 371 g/mol. The number of benzene rings is 1. The van der Waals surface area contributed by atoms with Gasteiger partial charge in [-0.1, -0.05) is 32.8 Å². The molecule has 3 rings (SSSR count). The number of hydrogen-bond acceptors (Lipinski definition) is 4. The molecule has 0 saturated carbocycles. The maximum Gasteiger partial charge on any atom is 0.188 e. The van der Waals surface area contributed by atoms with Crippen LogP contribution in [-0.4, -0.2) is 37.1 Å². The second-order valence-corrected chi connectivity index (χ2v) is 8.00. The summed E-state index contributed by atoms with van der Waals surface area (Å²) in [4.78, 5) is 9.57. The third kappa shape index (κ3) is 4.72. The highest BCUT2D eigenvalue weighted by Crippen LogP contribution is 2.26. The zero-order valence-corrected chi connectivity index (χ0v) is 17.6. The van der Waals surface area contributed by atoms with E-state index in [0.717, 1.165) is 63.5 Å². The van der Waals surface area contributed by atoms with Gasteiger partial charge in [0.2, 0.25) is 0 Å². The summed E-state index contributed by atoms with van der Waals surface area (Å²) in [5.74, 6) is 1.79. The Labute approximate surface area is 164 Å². The Kier molecular flexibility index (Phi) is 6.56. The van der Waals surface area contributed by atoms with Crippen LogP contribution >= 0.6 is 0 Å². The minimum Gasteiger partial charge on any atom is -0.478 e. The Morgan fingerprint density at radius 2 is 1.26 bits per heavy atom. The molecule has 0 aliphatic carbocycles. The van der Waals surface area contributed by atoms with Crippen LogP contribution in [0.5, 0.6) is 0 Å². The van der Waals surface area contributed by atoms with Crippen LogP contribution in [0, 0.1) is 20.8 Å². The highest BCUT2D eigenvalue weighted by Gasteiger charge is 2.23. The first kappa shape index (κ1) is 19.9. The maximum atomic E-state index is 5.88. The normalized spacial score (nSPS) is 21.7. The number of nitrogens with zero attached hydrogens (tertiary/aromatic N) is 2. The first-order valence-corrected chi connectivity index (χ1v) is 10.5. The monoisotopic (exact) mass is 370 g/mol. The molecule has 2 aliphatic heterocycles. The van der Waals surface area contributed by atoms with Gasteiger partial charge in [-0.05, 0) is 61.4 Å². The fourth-order valence-corrected chi connectivity index (χ4v) is 4.22. The van der Waals surface area contributed by atoms with Crippen molar-refractivity contribution in [2.45, 2.75) is 85.2 Å². The van der Waals surface area contributed by atoms with Gasteiger partial charge in [-0.3, -0.25) is 0 Å². The molecule has 0 saturated heterocycles. The SMILES string of the molecule is CCCC1COC(Cc2c(C)cc(C)c(CC3=NC(CCC)CO3)c2C)=N1. The summed E-state index contributed by atoms with van der Waals surface area (Å²) in [7, 11) is 0. The van der Waals surface area contributed by atoms with E-state index in [1.54, 1.807) is 0 Å². The zero-order chi connectivity index (χ0) is 19.4. The van der Waals surface area contributed by atoms with Crippen LogP contribution in [0.25, 0.3) is 0 Å². The Balaban J connectivity index is 1.79. The molecule has 0 spiro atoms. The van der Waals surface area contributed by atoms with E-state index in [-0.39, 0.29) is 0 Å². The van der Waals surface area contributed by atoms with Crippen LogP contribution in [0.4, 0.5) is 0 Å². The van der Waals surface area contributed by atoms with Gasteiger partial charge in [0.1, 0.15) is 13.2 Å². The smallest absolute Gasteiger partial charge is 0.188 e. The van der Waals surface area contributed by atoms with Crippen molar-refractivity contribution < 1.29 is 9.47 Å². The summed E-state index contributed by atoms with van der Waals surface area (Å²) in [5, 5.41) is 0. The summed E-state index contributed by atoms with van der Waals surface area (Å²) >= 11 is 0. The fourth-order valence-electron chi connectivity index (χ4n) is 4.22. The third-order valence-electron chi connectivity index (χ3n) is 5.73. The predicted molar refractivity (Wildman–Crippen MR) is 112 cm³/mol. The van der Waals surface area contributed by atoms with E-state index in [9.17, 15) is 0 Å². The highest BCUT2D eigenvalue weighted by molar-refractivity contribution is 5.83. The third-order valence-corrected chi connectivity index (χ3v) is 5.73. The van der Waals surface area contributed by atoms with E-state index in [0.29, 0.717) is 12.1 Å². The van der Waals surface area contributed by atoms with Crippen LogP contribution < -0.4 is 0 Å². The van der Waals surface area contributed by atoms with E-state index in [4.69, 9.17) is 19.5 Å². The maximum absolute atomic E-state index is 5.88. The standard InChI is InChI=1S/C23H34N2O2/c1-6-8-18-13-26-22(24-18)11-20-15(3)10-16(4)21(17(20)5)12-23-25-19(9-7-2)14-27-23/h10,18-19H,6-9,11-14H2,1-5H3. The van der Waals surface area contributed by atoms with E-state index in [2.05, 4.69) is 40.7 Å². The molecule has 148 valence electrons. The van der Waals surface area contributed by atoms with Gasteiger partial charge in [0.15, 0.2) is 11.8 Å². The molecule has 2 unspecified atom stereocenters. The van der Waals surface area contributed by atoms with Crippen molar-refractivity contribution in [2.24, 2.45) is 9.98 Å². The minimum absolute atomic E-state index is 0.340. The average Bonchev–Trinajstić information content (AvgIpc) is 3.26. The second kappa shape index (κ2) is 8.90. The second-order valence-electron chi connectivity index (χ2n) is 8.00. The molecule has 4 nitrogen and oxygen atoms in total. The molecule has 0 bridgehead atoms. The number of hydrogen-bond donors (Lipinski definition) is 0. The van der Waals surface area contributed by atoms with Gasteiger partial charge in [0.25, 0.3) is 0 Å². The Bertz CT molecular complexity index is 678. The summed E-state index contributed by atoms with van der Waals surface area (Å²) in [5.41, 5.74) is 6.66. The number of aryl methyl sites for hydroxylation is 2. The molecule has 4 heteroatoms. The Morgan fingerprint density at radius 1 is 0.815 bits per heavy atom. The Hall–Kier alpha value is -1.84. The van der Waals surface area contributed by atoms with E-state index >= 15 is 0 Å². The van der Waals surface area contributed by atoms with Crippen molar-refractivity contribution in [3.63, 3.8) is 0 Å². The highest BCUT2D eigenvalue weighted by atomic mass is 16.5. The number of ether oxygens (including phenoxy) is 2. The lowest BCUT2D eigenvalue weighted by atomic mass is 9.90. The molecule has 0 aromatic heterocycles. The molecule has 2 aliphatic rings. The van der Waals surface area contributed by atoms with Crippen molar-refractivity contribution in [2.75, 3.05) is 13.2 Å². The first-order chi connectivity index (χ1) is 13.0. The molecule has 0 radical (unpaired) electrons. The van der Waals surface area contributed by atoms with Crippen molar-refractivity contribution in [1.82, 2.24) is 0 Å². The molecule has 1 aromatic rings. The molecular weight excluding hydrogens is 336 g/mol. The van der Waals surface area contributed by atoms with E-state index in [1.807, 2.05) is 0 Å². The molecule has 0 fully saturated rings. The molecule has 2 atom stereocenters. The summed E-state index contributed by atoms with van der Waals surface area (Å²) in [6.45, 7) is 12.5. The van der Waals surface area contributed by atoms with Crippen LogP contribution in [0.1, 0.15) is 67.3 Å². The topological polar surface area (TPSA) is 43.2 Å². The van der Waals surface area contributed by atoms with Crippen molar-refractivity contribution in [3.8, 4) is 0 Å². The number of rotatable bonds is 8. The van der Waals surface area contributed by atoms with Crippen LogP contribution in [0.15, 0.2) is 16.1 Å². The summed E-state index contributed by atoms with van der Waals surface area (Å²) < 4.78 is 11.8. The quantitative estimate of drug-likeness (QED) is 0.654. The van der Waals surface area contributed by atoms with E-state index in [1.165, 1.54) is 27.8 Å². The van der Waals surface area contributed by atoms with Crippen molar-refractivity contribution in [1.29, 1.82) is 0 Å². The molecule has 0 amide bonds.